The predicted octanol–water partition coefficient (Wildman–Crippen LogP) is 5.22. The second-order valence-corrected chi connectivity index (χ2v) is 10.8. The zero-order valence-electron chi connectivity index (χ0n) is 20.7. The van der Waals surface area contributed by atoms with Crippen LogP contribution in [-0.2, 0) is 17.6 Å². The van der Waals surface area contributed by atoms with E-state index in [9.17, 15) is 9.59 Å². The third-order valence-corrected chi connectivity index (χ3v) is 6.65. The average molecular weight is 452 g/mol. The Hall–Kier alpha value is -2.63. The van der Waals surface area contributed by atoms with Crippen molar-refractivity contribution in [2.75, 3.05) is 19.6 Å². The topological polar surface area (TPSA) is 62.7 Å². The van der Waals surface area contributed by atoms with Crippen LogP contribution in [0.2, 0.25) is 0 Å². The molecule has 33 heavy (non-hydrogen) atoms. The second kappa shape index (κ2) is 9.32. The first kappa shape index (κ1) is 23.5. The van der Waals surface area contributed by atoms with E-state index in [1.807, 2.05) is 68.7 Å². The van der Waals surface area contributed by atoms with Crippen molar-refractivity contribution in [2.45, 2.75) is 78.4 Å². The minimum atomic E-state index is -0.526. The van der Waals surface area contributed by atoms with E-state index in [4.69, 9.17) is 9.72 Å². The van der Waals surface area contributed by atoms with Crippen LogP contribution < -0.4 is 0 Å². The Morgan fingerprint density at radius 2 is 1.94 bits per heavy atom. The molecule has 1 aromatic carbocycles. The lowest BCUT2D eigenvalue weighted by Crippen LogP contribution is -2.48. The summed E-state index contributed by atoms with van der Waals surface area (Å²) in [6.07, 6.45) is 4.60. The van der Waals surface area contributed by atoms with Crippen molar-refractivity contribution in [2.24, 2.45) is 5.92 Å². The van der Waals surface area contributed by atoms with E-state index in [-0.39, 0.29) is 24.0 Å². The zero-order valence-corrected chi connectivity index (χ0v) is 20.7. The second-order valence-electron chi connectivity index (χ2n) is 10.8. The number of carbonyl (C=O) groups is 2. The van der Waals surface area contributed by atoms with Crippen LogP contribution >= 0.6 is 0 Å². The Morgan fingerprint density at radius 3 is 2.67 bits per heavy atom. The molecule has 1 atom stereocenters. The van der Waals surface area contributed by atoms with Crippen LogP contribution in [0.15, 0.2) is 24.3 Å². The van der Waals surface area contributed by atoms with Crippen LogP contribution in [0.3, 0.4) is 0 Å². The van der Waals surface area contributed by atoms with Gasteiger partial charge in [-0.15, -0.1) is 0 Å². The van der Waals surface area contributed by atoms with E-state index >= 15 is 0 Å². The van der Waals surface area contributed by atoms with Crippen molar-refractivity contribution in [3.8, 4) is 0 Å². The number of amides is 2. The molecule has 6 nitrogen and oxygen atoms in total. The molecule has 2 aliphatic rings. The first-order chi connectivity index (χ1) is 15.6. The Kier molecular flexibility index (Phi) is 6.64. The van der Waals surface area contributed by atoms with E-state index < -0.39 is 5.60 Å². The van der Waals surface area contributed by atoms with E-state index in [1.54, 1.807) is 0 Å². The van der Waals surface area contributed by atoms with Gasteiger partial charge in [-0.1, -0.05) is 18.2 Å². The number of aryl methyl sites for hydroxylation is 1. The van der Waals surface area contributed by atoms with Gasteiger partial charge in [-0.05, 0) is 84.3 Å². The summed E-state index contributed by atoms with van der Waals surface area (Å²) in [5.74, 6) is 0.351. The molecule has 2 heterocycles. The molecular formula is C27H37N3O3. The monoisotopic (exact) mass is 451 g/mol. The molecular weight excluding hydrogens is 414 g/mol. The van der Waals surface area contributed by atoms with Gasteiger partial charge in [-0.3, -0.25) is 9.78 Å². The number of hydrogen-bond acceptors (Lipinski definition) is 4. The molecule has 0 radical (unpaired) electrons. The molecule has 4 rings (SSSR count). The number of ether oxygens (including phenoxy) is 1. The average Bonchev–Trinajstić information content (AvgIpc) is 3.22. The molecule has 0 spiro atoms. The normalized spacial score (nSPS) is 18.5. The quantitative estimate of drug-likeness (QED) is 0.639. The highest BCUT2D eigenvalue weighted by Gasteiger charge is 2.32. The highest BCUT2D eigenvalue weighted by Crippen LogP contribution is 2.32. The molecule has 1 aliphatic heterocycles. The van der Waals surface area contributed by atoms with Crippen LogP contribution in [0, 0.1) is 5.92 Å². The summed E-state index contributed by atoms with van der Waals surface area (Å²) in [7, 11) is 0. The molecule has 178 valence electrons. The molecule has 1 aromatic heterocycles. The van der Waals surface area contributed by atoms with E-state index in [1.165, 1.54) is 0 Å². The van der Waals surface area contributed by atoms with Crippen LogP contribution in [0.4, 0.5) is 4.79 Å². The van der Waals surface area contributed by atoms with Crippen LogP contribution in [0.1, 0.15) is 75.5 Å². The molecule has 0 N–H and O–H groups in total. The minimum absolute atomic E-state index is 0.0401. The van der Waals surface area contributed by atoms with Crippen LogP contribution in [0.25, 0.3) is 10.9 Å². The van der Waals surface area contributed by atoms with Crippen LogP contribution in [-0.4, -0.2) is 58.1 Å². The summed E-state index contributed by atoms with van der Waals surface area (Å²) in [4.78, 5) is 35.3. The van der Waals surface area contributed by atoms with Crippen molar-refractivity contribution in [1.82, 2.24) is 14.8 Å². The molecule has 2 aromatic rings. The van der Waals surface area contributed by atoms with Crippen molar-refractivity contribution in [3.05, 3.63) is 41.1 Å². The fraction of sp³-hybridized carbons (Fsp3) is 0.593. The molecule has 0 bridgehead atoms. The maximum Gasteiger partial charge on any atom is 0.410 e. The van der Waals surface area contributed by atoms with Gasteiger partial charge in [0.05, 0.1) is 11.1 Å². The van der Waals surface area contributed by atoms with Gasteiger partial charge in [0.1, 0.15) is 5.60 Å². The standard InChI is InChI=1S/C27H37N3O3/c1-18(2)30(26(32)33-27(3,4)5)17-19-10-9-15-29(16-19)25(31)24-20-11-6-7-13-22(20)28-23-14-8-12-21(23)24/h6-7,11,13,18-19H,8-10,12,14-17H2,1-5H3. The van der Waals surface area contributed by atoms with Gasteiger partial charge in [0.2, 0.25) is 0 Å². The third kappa shape index (κ3) is 5.15. The third-order valence-electron chi connectivity index (χ3n) is 6.65. The fourth-order valence-electron chi connectivity index (χ4n) is 5.11. The first-order valence-corrected chi connectivity index (χ1v) is 12.3. The summed E-state index contributed by atoms with van der Waals surface area (Å²) in [6.45, 7) is 11.7. The molecule has 0 saturated carbocycles. The molecule has 2 amide bonds. The summed E-state index contributed by atoms with van der Waals surface area (Å²) in [5, 5.41) is 0.961. The number of carbonyl (C=O) groups excluding carboxylic acids is 2. The van der Waals surface area contributed by atoms with Crippen molar-refractivity contribution >= 4 is 22.9 Å². The lowest BCUT2D eigenvalue weighted by Gasteiger charge is -2.38. The van der Waals surface area contributed by atoms with Crippen molar-refractivity contribution in [1.29, 1.82) is 0 Å². The number of likely N-dealkylation sites (tertiary alicyclic amines) is 1. The molecule has 1 saturated heterocycles. The van der Waals surface area contributed by atoms with Gasteiger partial charge in [0.15, 0.2) is 0 Å². The predicted molar refractivity (Wildman–Crippen MR) is 130 cm³/mol. The smallest absolute Gasteiger partial charge is 0.410 e. The van der Waals surface area contributed by atoms with Gasteiger partial charge < -0.3 is 14.5 Å². The summed E-state index contributed by atoms with van der Waals surface area (Å²) in [5.41, 5.74) is 3.45. The summed E-state index contributed by atoms with van der Waals surface area (Å²) in [6, 6.07) is 8.05. The van der Waals surface area contributed by atoms with E-state index in [2.05, 4.69) is 0 Å². The van der Waals surface area contributed by atoms with Gasteiger partial charge in [0, 0.05) is 36.8 Å². The number of pyridine rings is 1. The van der Waals surface area contributed by atoms with Crippen LogP contribution in [0.5, 0.6) is 0 Å². The van der Waals surface area contributed by atoms with Gasteiger partial charge in [-0.25, -0.2) is 4.79 Å². The maximum atomic E-state index is 13.9. The van der Waals surface area contributed by atoms with Crippen molar-refractivity contribution in [3.63, 3.8) is 0 Å². The SMILES string of the molecule is CC(C)N(CC1CCCN(C(=O)c2c3c(nc4ccccc24)CCC3)C1)C(=O)OC(C)(C)C. The Balaban J connectivity index is 1.55. The highest BCUT2D eigenvalue weighted by atomic mass is 16.6. The van der Waals surface area contributed by atoms with Crippen molar-refractivity contribution < 1.29 is 14.3 Å². The largest absolute Gasteiger partial charge is 0.444 e. The molecule has 1 unspecified atom stereocenters. The van der Waals surface area contributed by atoms with Gasteiger partial charge >= 0.3 is 6.09 Å². The lowest BCUT2D eigenvalue weighted by molar-refractivity contribution is 0.0124. The lowest BCUT2D eigenvalue weighted by atomic mass is 9.94. The van der Waals surface area contributed by atoms with E-state index in [0.717, 1.165) is 66.4 Å². The summed E-state index contributed by atoms with van der Waals surface area (Å²) >= 11 is 0. The van der Waals surface area contributed by atoms with E-state index in [0.29, 0.717) is 13.1 Å². The number of benzene rings is 1. The minimum Gasteiger partial charge on any atom is -0.444 e. The fourth-order valence-corrected chi connectivity index (χ4v) is 5.11. The molecule has 1 fully saturated rings. The Morgan fingerprint density at radius 1 is 1.18 bits per heavy atom. The number of aromatic nitrogens is 1. The number of para-hydroxylation sites is 1. The van der Waals surface area contributed by atoms with Gasteiger partial charge in [0.25, 0.3) is 5.91 Å². The highest BCUT2D eigenvalue weighted by molar-refractivity contribution is 6.07. The zero-order chi connectivity index (χ0) is 23.8. The Bertz CT molecular complexity index is 1040. The number of hydrogen-bond donors (Lipinski definition) is 0. The number of nitrogens with zero attached hydrogens (tertiary/aromatic N) is 3. The van der Waals surface area contributed by atoms with Gasteiger partial charge in [-0.2, -0.15) is 0 Å². The first-order valence-electron chi connectivity index (χ1n) is 12.3. The Labute approximate surface area is 197 Å². The number of fused-ring (bicyclic) bond motifs is 2. The summed E-state index contributed by atoms with van der Waals surface area (Å²) < 4.78 is 5.64. The molecule has 6 heteroatoms. The maximum absolute atomic E-state index is 13.9. The molecule has 1 aliphatic carbocycles. The number of piperidine rings is 1. The number of rotatable bonds is 4.